The van der Waals surface area contributed by atoms with E-state index in [9.17, 15) is 0 Å². The standard InChI is InChI=1S/C34H48B19NO2/c1-33(2)34(3,4)56-53(55-33)29-24(48)14(38)6(15(39)25(29)49)7-16(40)26(50)32(27(51)17(7)41)54-30-9(10-18(42)22(46)23(47)28(52)31(10)54)11(35)5-8(19(30)43)13(37)21(45)20(44)12(5)36/h35-52H2,1-4H3. The van der Waals surface area contributed by atoms with Gasteiger partial charge in [-0.1, -0.05) is 81.9 Å². The lowest BCUT2D eigenvalue weighted by molar-refractivity contribution is 0.00578. The lowest BCUT2D eigenvalue weighted by Gasteiger charge is -2.32. The van der Waals surface area contributed by atoms with E-state index in [1.807, 2.05) is 0 Å². The fourth-order valence-electron chi connectivity index (χ4n) is 10.7. The Hall–Kier alpha value is -2.69. The topological polar surface area (TPSA) is 23.4 Å². The van der Waals surface area contributed by atoms with Crippen molar-refractivity contribution in [1.82, 2.24) is 4.57 Å². The average Bonchev–Trinajstić information content (AvgIpc) is 3.59. The summed E-state index contributed by atoms with van der Waals surface area (Å²) < 4.78 is 16.0. The van der Waals surface area contributed by atoms with Gasteiger partial charge in [-0.15, -0.1) is 16.4 Å². The van der Waals surface area contributed by atoms with Crippen molar-refractivity contribution in [3.05, 3.63) is 0 Å². The van der Waals surface area contributed by atoms with Crippen LogP contribution >= 0.6 is 0 Å². The molecular formula is C34H48B19NO2. The molecule has 3 nitrogen and oxygen atoms in total. The molecule has 0 spiro atoms. The van der Waals surface area contributed by atoms with Gasteiger partial charge in [0.05, 0.1) is 11.2 Å². The normalized spacial score (nSPS) is 15.1. The second-order valence-corrected chi connectivity index (χ2v) is 18.9. The fraction of sp³-hybridized carbons (Fsp3) is 0.176. The molecule has 1 aromatic heterocycles. The van der Waals surface area contributed by atoms with Crippen molar-refractivity contribution in [3.8, 4) is 16.8 Å². The van der Waals surface area contributed by atoms with E-state index in [2.05, 4.69) is 173 Å². The minimum absolute atomic E-state index is 0.392. The third-order valence-electron chi connectivity index (χ3n) is 16.0. The summed E-state index contributed by atoms with van der Waals surface area (Å²) in [5.41, 5.74) is 31.6. The fourth-order valence-corrected chi connectivity index (χ4v) is 10.7. The molecule has 0 bridgehead atoms. The summed E-state index contributed by atoms with van der Waals surface area (Å²) in [5, 5.41) is 5.67. The van der Waals surface area contributed by atoms with E-state index in [4.69, 9.17) is 9.31 Å². The summed E-state index contributed by atoms with van der Waals surface area (Å²) in [7, 11) is 41.6. The molecule has 0 atom stereocenters. The molecule has 0 N–H and O–H groups in total. The van der Waals surface area contributed by atoms with Crippen molar-refractivity contribution >= 4 is 285 Å². The highest BCUT2D eigenvalue weighted by atomic mass is 16.7. The molecule has 1 saturated heterocycles. The van der Waals surface area contributed by atoms with Gasteiger partial charge in [-0.3, -0.25) is 0 Å². The van der Waals surface area contributed by atoms with Crippen LogP contribution in [0.4, 0.5) is 0 Å². The largest absolute Gasteiger partial charge is 0.493 e. The van der Waals surface area contributed by atoms with E-state index >= 15 is 0 Å². The number of benzene rings is 5. The van der Waals surface area contributed by atoms with Crippen LogP contribution in [0.25, 0.3) is 49.4 Å². The van der Waals surface area contributed by atoms with Gasteiger partial charge in [0.15, 0.2) is 0 Å². The zero-order valence-corrected chi connectivity index (χ0v) is 38.8. The first-order valence-electron chi connectivity index (χ1n) is 20.8. The summed E-state index contributed by atoms with van der Waals surface area (Å²) in [6.45, 7) is 8.57. The molecular weight excluding hydrogens is 660 g/mol. The number of hydrogen-bond acceptors (Lipinski definition) is 2. The Morgan fingerprint density at radius 2 is 0.661 bits per heavy atom. The summed E-state index contributed by atoms with van der Waals surface area (Å²) in [6, 6.07) is 0. The minimum atomic E-state index is -0.395. The molecule has 6 aromatic rings. The molecule has 5 aromatic carbocycles. The van der Waals surface area contributed by atoms with Gasteiger partial charge in [-0.2, -0.15) is 0 Å². The first-order chi connectivity index (χ1) is 25.8. The number of hydrogen-bond donors (Lipinski definition) is 0. The lowest BCUT2D eigenvalue weighted by Crippen LogP contribution is -2.63. The van der Waals surface area contributed by atoms with Gasteiger partial charge in [0.25, 0.3) is 0 Å². The lowest BCUT2D eigenvalue weighted by atomic mass is 9.54. The van der Waals surface area contributed by atoms with E-state index < -0.39 is 18.3 Å². The Morgan fingerprint density at radius 3 is 1.09 bits per heavy atom. The van der Waals surface area contributed by atoms with Gasteiger partial charge < -0.3 is 13.9 Å². The van der Waals surface area contributed by atoms with Crippen LogP contribution in [0, 0.1) is 0 Å². The molecule has 1 aliphatic rings. The number of nitrogens with zero attached hydrogens (tertiary/aromatic N) is 1. The molecule has 1 aliphatic heterocycles. The highest BCUT2D eigenvalue weighted by molar-refractivity contribution is 6.79. The van der Waals surface area contributed by atoms with Gasteiger partial charge in [-0.25, -0.2) is 0 Å². The Labute approximate surface area is 352 Å². The van der Waals surface area contributed by atoms with Gasteiger partial charge in [0, 0.05) is 22.1 Å². The minimum Gasteiger partial charge on any atom is -0.399 e. The highest BCUT2D eigenvalue weighted by Crippen LogP contribution is 2.36. The zero-order chi connectivity index (χ0) is 41.7. The maximum Gasteiger partial charge on any atom is 0.493 e. The number of rotatable bonds is 3. The molecule has 22 heteroatoms. The van der Waals surface area contributed by atoms with Crippen molar-refractivity contribution in [3.63, 3.8) is 0 Å². The van der Waals surface area contributed by atoms with Gasteiger partial charge in [-0.05, 0) is 60.4 Å². The number of aromatic nitrogens is 1. The molecule has 1 fully saturated rings. The molecule has 258 valence electrons. The zero-order valence-electron chi connectivity index (χ0n) is 38.8. The van der Waals surface area contributed by atoms with E-state index in [0.29, 0.717) is 0 Å². The first-order valence-corrected chi connectivity index (χ1v) is 20.8. The molecule has 56 heavy (non-hydrogen) atoms. The summed E-state index contributed by atoms with van der Waals surface area (Å²) in [5.74, 6) is 0. The van der Waals surface area contributed by atoms with Crippen molar-refractivity contribution in [2.75, 3.05) is 0 Å². The molecule has 0 amide bonds. The average molecular weight is 708 g/mol. The van der Waals surface area contributed by atoms with Crippen molar-refractivity contribution in [2.24, 2.45) is 0 Å². The van der Waals surface area contributed by atoms with Crippen molar-refractivity contribution in [2.45, 2.75) is 38.9 Å². The van der Waals surface area contributed by atoms with Crippen LogP contribution in [0.5, 0.6) is 0 Å². The SMILES string of the molecule is Bc1c(B)c(-c2c(B)c(B)c(-n3c4c(B)c(B)c(B)c(B)c4c4c(B)c5c(B)c(B)c(B)c(B)c5c(B)c43)c(B)c2B)c(B)c(B)c1B1OC(C)(C)C(C)(C)O1. The van der Waals surface area contributed by atoms with Crippen LogP contribution in [-0.4, -0.2) is 164 Å². The van der Waals surface area contributed by atoms with Crippen LogP contribution in [0.1, 0.15) is 27.7 Å². The van der Waals surface area contributed by atoms with E-state index in [0.717, 1.165) is 0 Å². The van der Waals surface area contributed by atoms with Gasteiger partial charge in [0.1, 0.15) is 141 Å². The van der Waals surface area contributed by atoms with E-state index in [1.165, 1.54) is 153 Å². The summed E-state index contributed by atoms with van der Waals surface area (Å²) in [4.78, 5) is 0. The van der Waals surface area contributed by atoms with Crippen LogP contribution in [0.15, 0.2) is 0 Å². The van der Waals surface area contributed by atoms with Crippen LogP contribution in [0.3, 0.4) is 0 Å². The predicted molar refractivity (Wildman–Crippen MR) is 307 cm³/mol. The Kier molecular flexibility index (Phi) is 9.94. The monoisotopic (exact) mass is 712 g/mol. The second kappa shape index (κ2) is 13.4. The molecule has 0 radical (unpaired) electrons. The molecule has 0 aliphatic carbocycles. The number of fused-ring (bicyclic) bond motifs is 4. The third-order valence-corrected chi connectivity index (χ3v) is 16.0. The molecule has 2 heterocycles. The van der Waals surface area contributed by atoms with E-state index in [-0.39, 0.29) is 0 Å². The molecule has 7 rings (SSSR count). The quantitative estimate of drug-likeness (QED) is 0.171. The Balaban J connectivity index is 1.62. The van der Waals surface area contributed by atoms with Crippen molar-refractivity contribution < 1.29 is 9.31 Å². The molecule has 0 unspecified atom stereocenters. The maximum absolute atomic E-state index is 6.66. The summed E-state index contributed by atoms with van der Waals surface area (Å²) >= 11 is 0. The second-order valence-electron chi connectivity index (χ2n) is 18.9. The Bertz CT molecular complexity index is 2740. The van der Waals surface area contributed by atoms with Crippen molar-refractivity contribution in [1.29, 1.82) is 0 Å². The Morgan fingerprint density at radius 1 is 0.339 bits per heavy atom. The molecule has 0 saturated carbocycles. The van der Waals surface area contributed by atoms with Gasteiger partial charge in [0.2, 0.25) is 0 Å². The van der Waals surface area contributed by atoms with Gasteiger partial charge >= 0.3 is 7.12 Å². The summed E-state index contributed by atoms with van der Waals surface area (Å²) in [6.07, 6.45) is 0. The maximum atomic E-state index is 6.66. The highest BCUT2D eigenvalue weighted by Gasteiger charge is 2.52. The van der Waals surface area contributed by atoms with Crippen LogP contribution < -0.4 is 104 Å². The van der Waals surface area contributed by atoms with E-state index in [1.54, 1.807) is 0 Å². The third kappa shape index (κ3) is 5.32. The first kappa shape index (κ1) is 41.5. The van der Waals surface area contributed by atoms with Crippen LogP contribution in [0.2, 0.25) is 0 Å². The van der Waals surface area contributed by atoms with Crippen LogP contribution in [-0.2, 0) is 9.31 Å². The predicted octanol–water partition coefficient (Wildman–Crippen LogP) is -23.4. The smallest absolute Gasteiger partial charge is 0.399 e.